The zero-order chi connectivity index (χ0) is 23.0. The first-order valence-corrected chi connectivity index (χ1v) is 13.5. The number of hydrogen-bond acceptors (Lipinski definition) is 4. The van der Waals surface area contributed by atoms with E-state index in [9.17, 15) is 4.79 Å². The Kier molecular flexibility index (Phi) is 23.6. The molecule has 0 aliphatic heterocycles. The summed E-state index contributed by atoms with van der Waals surface area (Å²) in [4.78, 5) is 11.9. The van der Waals surface area contributed by atoms with Crippen LogP contribution in [-0.4, -0.2) is 32.1 Å². The molecule has 0 aromatic heterocycles. The van der Waals surface area contributed by atoms with Crippen LogP contribution < -0.4 is 0 Å². The Morgan fingerprint density at radius 3 is 1.71 bits per heavy atom. The van der Waals surface area contributed by atoms with E-state index in [1.807, 2.05) is 0 Å². The molecule has 0 unspecified atom stereocenters. The van der Waals surface area contributed by atoms with Crippen LogP contribution in [0.3, 0.4) is 0 Å². The van der Waals surface area contributed by atoms with Gasteiger partial charge in [-0.25, -0.2) is 0 Å². The monoisotopic (exact) mass is 442 g/mol. The van der Waals surface area contributed by atoms with Crippen molar-refractivity contribution in [2.75, 3.05) is 19.8 Å². The van der Waals surface area contributed by atoms with Gasteiger partial charge in [-0.05, 0) is 44.4 Å². The highest BCUT2D eigenvalue weighted by atomic mass is 16.7. The minimum Gasteiger partial charge on any atom is -0.466 e. The number of rotatable bonds is 24. The number of ether oxygens (including phenoxy) is 3. The summed E-state index contributed by atoms with van der Waals surface area (Å²) in [5.41, 5.74) is 0. The molecule has 0 saturated carbocycles. The molecular weight excluding hydrogens is 388 g/mol. The van der Waals surface area contributed by atoms with Gasteiger partial charge in [0.15, 0.2) is 6.29 Å². The van der Waals surface area contributed by atoms with Crippen LogP contribution in [0, 0.1) is 5.92 Å². The number of hydrogen-bond donors (Lipinski definition) is 0. The van der Waals surface area contributed by atoms with Crippen molar-refractivity contribution in [3.8, 4) is 0 Å². The van der Waals surface area contributed by atoms with Crippen LogP contribution in [-0.2, 0) is 19.0 Å². The van der Waals surface area contributed by atoms with Crippen LogP contribution in [0.1, 0.15) is 137 Å². The largest absolute Gasteiger partial charge is 0.466 e. The molecule has 186 valence electrons. The highest BCUT2D eigenvalue weighted by Gasteiger charge is 2.10. The predicted molar refractivity (Wildman–Crippen MR) is 131 cm³/mol. The van der Waals surface area contributed by atoms with E-state index < -0.39 is 0 Å². The van der Waals surface area contributed by atoms with Crippen LogP contribution >= 0.6 is 0 Å². The third kappa shape index (κ3) is 23.9. The summed E-state index contributed by atoms with van der Waals surface area (Å²) < 4.78 is 17.4. The third-order valence-electron chi connectivity index (χ3n) is 5.61. The molecular formula is C27H54O4. The molecule has 0 aliphatic carbocycles. The van der Waals surface area contributed by atoms with Crippen molar-refractivity contribution in [1.29, 1.82) is 0 Å². The number of carbonyl (C=O) groups is 1. The Balaban J connectivity index is 3.81. The van der Waals surface area contributed by atoms with Gasteiger partial charge in [0.2, 0.25) is 0 Å². The molecule has 0 aromatic carbocycles. The Hall–Kier alpha value is -0.610. The fraction of sp³-hybridized carbons (Fsp3) is 0.963. The summed E-state index contributed by atoms with van der Waals surface area (Å²) in [6.45, 7) is 11.1. The Bertz CT molecular complexity index is 356. The number of carbonyl (C=O) groups excluding carboxylic acids is 1. The van der Waals surface area contributed by atoms with Gasteiger partial charge in [-0.15, -0.1) is 0 Å². The first-order valence-electron chi connectivity index (χ1n) is 13.5. The van der Waals surface area contributed by atoms with Gasteiger partial charge in [-0.2, -0.15) is 0 Å². The van der Waals surface area contributed by atoms with Crippen molar-refractivity contribution in [3.05, 3.63) is 0 Å². The van der Waals surface area contributed by atoms with Gasteiger partial charge in [-0.3, -0.25) is 4.79 Å². The highest BCUT2D eigenvalue weighted by molar-refractivity contribution is 5.69. The maximum Gasteiger partial charge on any atom is 0.305 e. The van der Waals surface area contributed by atoms with Crippen LogP contribution in [0.15, 0.2) is 0 Å². The summed E-state index contributed by atoms with van der Waals surface area (Å²) in [7, 11) is 0. The summed E-state index contributed by atoms with van der Waals surface area (Å²) >= 11 is 0. The molecule has 0 aliphatic rings. The lowest BCUT2D eigenvalue weighted by Gasteiger charge is -2.19. The third-order valence-corrected chi connectivity index (χ3v) is 5.61. The van der Waals surface area contributed by atoms with Crippen LogP contribution in [0.4, 0.5) is 0 Å². The molecule has 4 nitrogen and oxygen atoms in total. The second kappa shape index (κ2) is 24.0. The highest BCUT2D eigenvalue weighted by Crippen LogP contribution is 2.13. The lowest BCUT2D eigenvalue weighted by molar-refractivity contribution is -0.149. The van der Waals surface area contributed by atoms with Crippen molar-refractivity contribution in [3.63, 3.8) is 0 Å². The van der Waals surface area contributed by atoms with E-state index >= 15 is 0 Å². The summed E-state index contributed by atoms with van der Waals surface area (Å²) in [6, 6.07) is 0. The first-order chi connectivity index (χ1) is 15.1. The predicted octanol–water partition coefficient (Wildman–Crippen LogP) is 8.22. The Morgan fingerprint density at radius 1 is 0.613 bits per heavy atom. The van der Waals surface area contributed by atoms with E-state index in [0.29, 0.717) is 13.0 Å². The summed E-state index contributed by atoms with van der Waals surface area (Å²) in [5, 5.41) is 0. The van der Waals surface area contributed by atoms with Crippen molar-refractivity contribution >= 4 is 5.97 Å². The smallest absolute Gasteiger partial charge is 0.305 e. The van der Waals surface area contributed by atoms with Crippen molar-refractivity contribution in [2.24, 2.45) is 5.92 Å². The second-order valence-corrected chi connectivity index (χ2v) is 9.36. The second-order valence-electron chi connectivity index (χ2n) is 9.36. The molecule has 0 N–H and O–H groups in total. The zero-order valence-electron chi connectivity index (χ0n) is 21.4. The summed E-state index contributed by atoms with van der Waals surface area (Å²) in [6.07, 6.45) is 18.7. The fourth-order valence-electron chi connectivity index (χ4n) is 3.55. The van der Waals surface area contributed by atoms with Gasteiger partial charge in [0.1, 0.15) is 0 Å². The molecule has 0 amide bonds. The van der Waals surface area contributed by atoms with E-state index in [1.54, 1.807) is 0 Å². The van der Waals surface area contributed by atoms with E-state index in [-0.39, 0.29) is 12.3 Å². The Labute approximate surface area is 194 Å². The molecule has 31 heavy (non-hydrogen) atoms. The van der Waals surface area contributed by atoms with Gasteiger partial charge < -0.3 is 14.2 Å². The summed E-state index contributed by atoms with van der Waals surface area (Å²) in [5.74, 6) is 0.732. The van der Waals surface area contributed by atoms with Crippen molar-refractivity contribution in [2.45, 2.75) is 143 Å². The van der Waals surface area contributed by atoms with Gasteiger partial charge in [0.25, 0.3) is 0 Å². The quantitative estimate of drug-likeness (QED) is 0.0858. The van der Waals surface area contributed by atoms with Crippen molar-refractivity contribution in [1.82, 2.24) is 0 Å². The average molecular weight is 443 g/mol. The molecule has 0 aromatic rings. The molecule has 0 fully saturated rings. The van der Waals surface area contributed by atoms with Gasteiger partial charge >= 0.3 is 5.97 Å². The molecule has 0 radical (unpaired) electrons. The molecule has 0 heterocycles. The Morgan fingerprint density at radius 2 is 1.13 bits per heavy atom. The molecule has 0 saturated heterocycles. The SMILES string of the molecule is CCCCCCOC(CCCCC(=O)OCCCCCCC(C)C)OCCCCCC. The van der Waals surface area contributed by atoms with E-state index in [0.717, 1.165) is 64.1 Å². The zero-order valence-corrected chi connectivity index (χ0v) is 21.4. The van der Waals surface area contributed by atoms with Gasteiger partial charge in [-0.1, -0.05) is 91.9 Å². The van der Waals surface area contributed by atoms with Crippen molar-refractivity contribution < 1.29 is 19.0 Å². The molecule has 4 heteroatoms. The number of esters is 1. The number of unbranched alkanes of at least 4 members (excludes halogenated alkanes) is 10. The normalized spacial score (nSPS) is 11.5. The van der Waals surface area contributed by atoms with Crippen LogP contribution in [0.25, 0.3) is 0 Å². The maximum atomic E-state index is 11.9. The standard InChI is InChI=1S/C27H54O4/c1-5-7-9-16-23-30-27(31-24-17-10-8-6-2)21-15-14-20-26(28)29-22-18-12-11-13-19-25(3)4/h25,27H,5-24H2,1-4H3. The molecule has 0 atom stereocenters. The minimum atomic E-state index is -0.120. The van der Waals surface area contributed by atoms with E-state index in [2.05, 4.69) is 27.7 Å². The molecule has 0 spiro atoms. The topological polar surface area (TPSA) is 44.8 Å². The first kappa shape index (κ1) is 30.4. The van der Waals surface area contributed by atoms with Gasteiger partial charge in [0, 0.05) is 19.6 Å². The van der Waals surface area contributed by atoms with E-state index in [1.165, 1.54) is 57.8 Å². The minimum absolute atomic E-state index is 0.0558. The lowest BCUT2D eigenvalue weighted by atomic mass is 10.0. The maximum absolute atomic E-state index is 11.9. The fourth-order valence-corrected chi connectivity index (χ4v) is 3.55. The average Bonchev–Trinajstić information content (AvgIpc) is 2.74. The molecule has 0 bridgehead atoms. The molecule has 0 rings (SSSR count). The lowest BCUT2D eigenvalue weighted by Crippen LogP contribution is -2.19. The van der Waals surface area contributed by atoms with E-state index in [4.69, 9.17) is 14.2 Å². The van der Waals surface area contributed by atoms with Crippen LogP contribution in [0.5, 0.6) is 0 Å². The van der Waals surface area contributed by atoms with Gasteiger partial charge in [0.05, 0.1) is 6.61 Å². The van der Waals surface area contributed by atoms with Crippen LogP contribution in [0.2, 0.25) is 0 Å².